The minimum atomic E-state index is -0.0465. The van der Waals surface area contributed by atoms with Crippen molar-refractivity contribution in [2.24, 2.45) is 5.92 Å². The molecule has 3 aromatic rings. The lowest BCUT2D eigenvalue weighted by Gasteiger charge is -2.20. The Morgan fingerprint density at radius 3 is 2.58 bits per heavy atom. The molecule has 0 unspecified atom stereocenters. The summed E-state index contributed by atoms with van der Waals surface area (Å²) in [4.78, 5) is 23.1. The Hall–Kier alpha value is -2.25. The van der Waals surface area contributed by atoms with E-state index < -0.39 is 0 Å². The summed E-state index contributed by atoms with van der Waals surface area (Å²) in [6, 6.07) is 4.26. The van der Waals surface area contributed by atoms with Crippen molar-refractivity contribution in [1.29, 1.82) is 0 Å². The smallest absolute Gasteiger partial charge is 0.252 e. The molecule has 0 aliphatic carbocycles. The number of rotatable bonds is 7. The van der Waals surface area contributed by atoms with E-state index in [-0.39, 0.29) is 11.9 Å². The Bertz CT molecular complexity index is 1080. The van der Waals surface area contributed by atoms with Crippen molar-refractivity contribution < 1.29 is 4.79 Å². The molecule has 4 heterocycles. The van der Waals surface area contributed by atoms with Gasteiger partial charge in [-0.3, -0.25) is 4.79 Å². The average Bonchev–Trinajstić information content (AvgIpc) is 3.45. The van der Waals surface area contributed by atoms with Crippen LogP contribution >= 0.6 is 11.3 Å². The second-order valence-corrected chi connectivity index (χ2v) is 10.6. The van der Waals surface area contributed by atoms with Crippen LogP contribution in [0, 0.1) is 19.8 Å². The van der Waals surface area contributed by atoms with E-state index in [1.165, 1.54) is 35.7 Å². The number of hydrogen-bond donors (Lipinski definition) is 1. The number of carbonyl (C=O) groups is 1. The maximum absolute atomic E-state index is 13.3. The molecule has 1 aliphatic heterocycles. The highest BCUT2D eigenvalue weighted by atomic mass is 32.1. The van der Waals surface area contributed by atoms with Gasteiger partial charge in [-0.15, -0.1) is 11.3 Å². The molecule has 1 saturated heterocycles. The number of nitrogens with zero attached hydrogens (tertiary/aromatic N) is 4. The van der Waals surface area contributed by atoms with E-state index >= 15 is 0 Å². The number of aromatic nitrogens is 3. The van der Waals surface area contributed by atoms with Crippen LogP contribution in [0.2, 0.25) is 0 Å². The summed E-state index contributed by atoms with van der Waals surface area (Å²) in [5.41, 5.74) is 3.36. The number of likely N-dealkylation sites (tertiary alicyclic amines) is 1. The number of hydrogen-bond acceptors (Lipinski definition) is 5. The predicted molar refractivity (Wildman–Crippen MR) is 128 cm³/mol. The lowest BCUT2D eigenvalue weighted by Crippen LogP contribution is -2.34. The van der Waals surface area contributed by atoms with Crippen LogP contribution < -0.4 is 5.32 Å². The molecule has 0 spiro atoms. The molecule has 4 rings (SSSR count). The highest BCUT2D eigenvalue weighted by Crippen LogP contribution is 2.32. The van der Waals surface area contributed by atoms with Gasteiger partial charge in [0, 0.05) is 34.4 Å². The molecular weight excluding hydrogens is 406 g/mol. The van der Waals surface area contributed by atoms with Crippen molar-refractivity contribution in [3.05, 3.63) is 33.6 Å². The van der Waals surface area contributed by atoms with Crippen molar-refractivity contribution in [1.82, 2.24) is 25.0 Å². The molecule has 0 saturated carbocycles. The summed E-state index contributed by atoms with van der Waals surface area (Å²) in [5, 5.41) is 8.52. The molecule has 166 valence electrons. The molecule has 7 heteroatoms. The first-order valence-corrected chi connectivity index (χ1v) is 12.1. The molecule has 1 fully saturated rings. The topological polar surface area (TPSA) is 63.1 Å². The van der Waals surface area contributed by atoms with E-state index in [0.29, 0.717) is 18.0 Å². The third-order valence-corrected chi connectivity index (χ3v) is 6.96. The van der Waals surface area contributed by atoms with Crippen LogP contribution in [0.1, 0.15) is 59.8 Å². The summed E-state index contributed by atoms with van der Waals surface area (Å²) in [6.45, 7) is 14.7. The molecular formula is C24H33N5OS. The van der Waals surface area contributed by atoms with Gasteiger partial charge in [0.1, 0.15) is 0 Å². The average molecular weight is 440 g/mol. The van der Waals surface area contributed by atoms with Crippen LogP contribution in [0.4, 0.5) is 0 Å². The second-order valence-electron chi connectivity index (χ2n) is 9.13. The predicted octanol–water partition coefficient (Wildman–Crippen LogP) is 4.82. The van der Waals surface area contributed by atoms with E-state index in [9.17, 15) is 4.79 Å². The van der Waals surface area contributed by atoms with E-state index in [2.05, 4.69) is 56.0 Å². The largest absolute Gasteiger partial charge is 0.352 e. The van der Waals surface area contributed by atoms with Crippen LogP contribution in [0.15, 0.2) is 18.3 Å². The Morgan fingerprint density at radius 2 is 1.94 bits per heavy atom. The molecule has 1 amide bonds. The molecule has 3 aromatic heterocycles. The first-order chi connectivity index (χ1) is 14.8. The van der Waals surface area contributed by atoms with Gasteiger partial charge in [0.2, 0.25) is 0 Å². The summed E-state index contributed by atoms with van der Waals surface area (Å²) in [5.74, 6) is 0.369. The van der Waals surface area contributed by atoms with Gasteiger partial charge in [-0.1, -0.05) is 6.92 Å². The van der Waals surface area contributed by atoms with E-state index in [1.54, 1.807) is 17.5 Å². The van der Waals surface area contributed by atoms with Crippen molar-refractivity contribution in [3.63, 3.8) is 0 Å². The summed E-state index contributed by atoms with van der Waals surface area (Å²) in [6.07, 6.45) is 4.36. The molecule has 6 nitrogen and oxygen atoms in total. The van der Waals surface area contributed by atoms with Gasteiger partial charge in [-0.05, 0) is 71.7 Å². The van der Waals surface area contributed by atoms with E-state index in [1.807, 2.05) is 10.7 Å². The fourth-order valence-electron chi connectivity index (χ4n) is 4.44. The summed E-state index contributed by atoms with van der Waals surface area (Å²) >= 11 is 1.76. The number of nitrogens with one attached hydrogen (secondary N) is 1. The normalized spacial score (nSPS) is 15.8. The molecule has 1 aliphatic rings. The van der Waals surface area contributed by atoms with E-state index in [4.69, 9.17) is 4.98 Å². The van der Waals surface area contributed by atoms with Crippen LogP contribution in [-0.2, 0) is 0 Å². The number of amides is 1. The maximum Gasteiger partial charge on any atom is 0.252 e. The Kier molecular flexibility index (Phi) is 6.44. The van der Waals surface area contributed by atoms with Gasteiger partial charge in [0.15, 0.2) is 5.65 Å². The zero-order valence-corrected chi connectivity index (χ0v) is 20.1. The lowest BCUT2D eigenvalue weighted by molar-refractivity contribution is 0.0946. The molecule has 0 aromatic carbocycles. The van der Waals surface area contributed by atoms with Crippen LogP contribution in [0.5, 0.6) is 0 Å². The molecule has 1 N–H and O–H groups in total. The first kappa shape index (κ1) is 22.0. The zero-order chi connectivity index (χ0) is 22.1. The SMILES string of the molecule is Cc1cc(-c2cc(C(=O)NC[C@@H](C)CN3CCCC3)c3cnn(C(C)C)c3n2)c(C)s1. The summed E-state index contributed by atoms with van der Waals surface area (Å²) < 4.78 is 1.90. The second kappa shape index (κ2) is 9.09. The van der Waals surface area contributed by atoms with Gasteiger partial charge < -0.3 is 10.2 Å². The number of carbonyl (C=O) groups excluding carboxylic acids is 1. The van der Waals surface area contributed by atoms with Gasteiger partial charge in [0.25, 0.3) is 5.91 Å². The Labute approximate surface area is 188 Å². The Morgan fingerprint density at radius 1 is 1.19 bits per heavy atom. The third-order valence-electron chi connectivity index (χ3n) is 6.00. The fourth-order valence-corrected chi connectivity index (χ4v) is 5.37. The third kappa shape index (κ3) is 4.67. The van der Waals surface area contributed by atoms with Crippen molar-refractivity contribution in [3.8, 4) is 11.3 Å². The zero-order valence-electron chi connectivity index (χ0n) is 19.2. The van der Waals surface area contributed by atoms with Gasteiger partial charge in [-0.25, -0.2) is 9.67 Å². The Balaban J connectivity index is 1.63. The monoisotopic (exact) mass is 439 g/mol. The molecule has 31 heavy (non-hydrogen) atoms. The molecule has 1 atom stereocenters. The summed E-state index contributed by atoms with van der Waals surface area (Å²) in [7, 11) is 0. The highest BCUT2D eigenvalue weighted by Gasteiger charge is 2.21. The number of thiophene rings is 1. The first-order valence-electron chi connectivity index (χ1n) is 11.3. The van der Waals surface area contributed by atoms with Gasteiger partial charge >= 0.3 is 0 Å². The van der Waals surface area contributed by atoms with Crippen molar-refractivity contribution in [2.45, 2.75) is 53.5 Å². The van der Waals surface area contributed by atoms with Crippen LogP contribution in [0.3, 0.4) is 0 Å². The van der Waals surface area contributed by atoms with Crippen molar-refractivity contribution in [2.75, 3.05) is 26.2 Å². The quantitative estimate of drug-likeness (QED) is 0.573. The standard InChI is InChI=1S/C24H33N5OS/c1-15(2)29-23-21(13-26-29)20(11-22(27-23)19-10-17(4)31-18(19)5)24(30)25-12-16(3)14-28-8-6-7-9-28/h10-11,13,15-16H,6-9,12,14H2,1-5H3,(H,25,30)/t16-/m1/s1. The minimum Gasteiger partial charge on any atom is -0.352 e. The number of aryl methyl sites for hydroxylation is 2. The number of pyridine rings is 1. The number of fused-ring (bicyclic) bond motifs is 1. The molecule has 0 radical (unpaired) electrons. The maximum atomic E-state index is 13.3. The van der Waals surface area contributed by atoms with Crippen LogP contribution in [-0.4, -0.2) is 51.8 Å². The lowest BCUT2D eigenvalue weighted by atomic mass is 10.1. The van der Waals surface area contributed by atoms with Crippen molar-refractivity contribution >= 4 is 28.3 Å². The highest BCUT2D eigenvalue weighted by molar-refractivity contribution is 7.12. The van der Waals surface area contributed by atoms with Crippen LogP contribution in [0.25, 0.3) is 22.3 Å². The van der Waals surface area contributed by atoms with Gasteiger partial charge in [0.05, 0.1) is 22.8 Å². The van der Waals surface area contributed by atoms with Gasteiger partial charge in [-0.2, -0.15) is 5.10 Å². The molecule has 0 bridgehead atoms. The van der Waals surface area contributed by atoms with E-state index in [0.717, 1.165) is 28.8 Å². The fraction of sp³-hybridized carbons (Fsp3) is 0.542. The minimum absolute atomic E-state index is 0.0465.